The molecule has 3 heterocycles. The minimum atomic E-state index is -0.246. The van der Waals surface area contributed by atoms with Gasteiger partial charge in [0, 0.05) is 24.8 Å². The van der Waals surface area contributed by atoms with E-state index >= 15 is 0 Å². The zero-order valence-corrected chi connectivity index (χ0v) is 11.4. The molecule has 2 bridgehead atoms. The summed E-state index contributed by atoms with van der Waals surface area (Å²) in [5, 5.41) is 10.3. The van der Waals surface area contributed by atoms with Crippen LogP contribution >= 0.6 is 0 Å². The molecule has 19 heavy (non-hydrogen) atoms. The van der Waals surface area contributed by atoms with Crippen molar-refractivity contribution in [2.45, 2.75) is 25.9 Å². The smallest absolute Gasteiger partial charge is 0.137 e. The number of hydrogen-bond acceptors (Lipinski definition) is 2. The van der Waals surface area contributed by atoms with E-state index in [4.69, 9.17) is 4.74 Å². The van der Waals surface area contributed by atoms with Gasteiger partial charge in [0.15, 0.2) is 0 Å². The first kappa shape index (κ1) is 12.7. The van der Waals surface area contributed by atoms with E-state index in [1.807, 2.05) is 19.1 Å². The van der Waals surface area contributed by atoms with Crippen molar-refractivity contribution in [3.8, 4) is 5.75 Å². The molecule has 102 valence electrons. The van der Waals surface area contributed by atoms with Crippen LogP contribution in [0.4, 0.5) is 0 Å². The highest BCUT2D eigenvalue weighted by Gasteiger charge is 2.40. The van der Waals surface area contributed by atoms with Crippen molar-refractivity contribution in [1.29, 1.82) is 0 Å². The van der Waals surface area contributed by atoms with Crippen molar-refractivity contribution in [2.75, 3.05) is 19.7 Å². The highest BCUT2D eigenvalue weighted by atomic mass is 16.5. The van der Waals surface area contributed by atoms with Crippen LogP contribution < -0.4 is 9.64 Å². The quantitative estimate of drug-likeness (QED) is 0.853. The zero-order valence-electron chi connectivity index (χ0n) is 11.4. The third-order valence-corrected chi connectivity index (χ3v) is 4.32. The second-order valence-corrected chi connectivity index (χ2v) is 5.49. The topological polar surface area (TPSA) is 33.9 Å². The maximum Gasteiger partial charge on any atom is 0.137 e. The summed E-state index contributed by atoms with van der Waals surface area (Å²) in [5.41, 5.74) is 2.32. The molecule has 0 aromatic heterocycles. The van der Waals surface area contributed by atoms with Crippen LogP contribution in [0.5, 0.6) is 5.75 Å². The highest BCUT2D eigenvalue weighted by Crippen LogP contribution is 2.25. The number of hydrogen-bond donors (Lipinski definition) is 2. The van der Waals surface area contributed by atoms with E-state index in [-0.39, 0.29) is 6.10 Å². The summed E-state index contributed by atoms with van der Waals surface area (Å²) in [6.45, 7) is 5.02. The first-order valence-corrected chi connectivity index (χ1v) is 7.25. The fraction of sp³-hybridized carbons (Fsp3) is 0.500. The van der Waals surface area contributed by atoms with E-state index < -0.39 is 0 Å². The van der Waals surface area contributed by atoms with E-state index in [9.17, 15) is 5.11 Å². The van der Waals surface area contributed by atoms with Gasteiger partial charge < -0.3 is 14.7 Å². The van der Waals surface area contributed by atoms with Crippen LogP contribution in [0.25, 0.3) is 6.08 Å². The Balaban J connectivity index is 1.80. The van der Waals surface area contributed by atoms with Gasteiger partial charge in [-0.1, -0.05) is 12.1 Å². The number of piperidine rings is 3. The van der Waals surface area contributed by atoms with Gasteiger partial charge in [-0.25, -0.2) is 0 Å². The number of quaternary nitrogens is 1. The molecule has 2 N–H and O–H groups in total. The number of aliphatic hydroxyl groups is 1. The molecule has 0 spiro atoms. The van der Waals surface area contributed by atoms with Crippen molar-refractivity contribution in [3.05, 3.63) is 35.5 Å². The molecule has 3 aliphatic heterocycles. The van der Waals surface area contributed by atoms with Crippen LogP contribution in [0, 0.1) is 5.92 Å². The van der Waals surface area contributed by atoms with Gasteiger partial charge in [-0.3, -0.25) is 0 Å². The van der Waals surface area contributed by atoms with E-state index in [0.29, 0.717) is 12.5 Å². The number of ether oxygens (including phenoxy) is 1. The normalized spacial score (nSPS) is 31.7. The second-order valence-electron chi connectivity index (χ2n) is 5.49. The largest absolute Gasteiger partial charge is 0.494 e. The minimum absolute atomic E-state index is 0.246. The van der Waals surface area contributed by atoms with Crippen LogP contribution in [0.15, 0.2) is 30.0 Å². The molecule has 0 aliphatic carbocycles. The highest BCUT2D eigenvalue weighted by molar-refractivity contribution is 5.53. The van der Waals surface area contributed by atoms with E-state index in [2.05, 4.69) is 18.2 Å². The Morgan fingerprint density at radius 1 is 1.26 bits per heavy atom. The van der Waals surface area contributed by atoms with E-state index in [1.165, 1.54) is 23.7 Å². The molecule has 0 radical (unpaired) electrons. The Kier molecular flexibility index (Phi) is 3.58. The fourth-order valence-corrected chi connectivity index (χ4v) is 3.25. The molecule has 0 saturated carbocycles. The lowest BCUT2D eigenvalue weighted by Gasteiger charge is -2.41. The number of nitrogens with one attached hydrogen (secondary N) is 1. The standard InChI is InChI=1S/C16H21NO2/c1-2-19-14-5-3-12(4-6-14)11-15-16(18)13-7-9-17(15)10-8-13/h3-6,11,13,16,18H,2,7-10H2,1H3/p+1/b15-11+/t16-/m0/s1. The number of fused-ring (bicyclic) bond motifs is 3. The summed E-state index contributed by atoms with van der Waals surface area (Å²) < 4.78 is 5.45. The van der Waals surface area contributed by atoms with Crippen LogP contribution in [-0.2, 0) is 0 Å². The molecule has 1 aromatic carbocycles. The molecule has 3 nitrogen and oxygen atoms in total. The van der Waals surface area contributed by atoms with Gasteiger partial charge in [0.1, 0.15) is 17.6 Å². The summed E-state index contributed by atoms with van der Waals surface area (Å²) in [6.07, 6.45) is 4.24. The molecule has 0 amide bonds. The lowest BCUT2D eigenvalue weighted by molar-refractivity contribution is -0.880. The summed E-state index contributed by atoms with van der Waals surface area (Å²) in [4.78, 5) is 1.46. The number of aliphatic hydroxyl groups excluding tert-OH is 1. The summed E-state index contributed by atoms with van der Waals surface area (Å²) in [6, 6.07) is 8.11. The summed E-state index contributed by atoms with van der Waals surface area (Å²) in [5.74, 6) is 1.38. The predicted octanol–water partition coefficient (Wildman–Crippen LogP) is 1.10. The number of rotatable bonds is 3. The summed E-state index contributed by atoms with van der Waals surface area (Å²) >= 11 is 0. The average Bonchev–Trinajstić information content (AvgIpc) is 2.45. The third-order valence-electron chi connectivity index (χ3n) is 4.32. The lowest BCUT2D eigenvalue weighted by atomic mass is 9.83. The first-order valence-electron chi connectivity index (χ1n) is 7.25. The molecule has 3 saturated heterocycles. The minimum Gasteiger partial charge on any atom is -0.494 e. The van der Waals surface area contributed by atoms with Gasteiger partial charge in [-0.15, -0.1) is 0 Å². The Bertz CT molecular complexity index is 454. The van der Waals surface area contributed by atoms with E-state index in [1.54, 1.807) is 0 Å². The fourth-order valence-electron chi connectivity index (χ4n) is 3.25. The SMILES string of the molecule is CCOc1ccc(/C=C2\[C@@H](O)C3CC[NH+]2CC3)cc1. The lowest BCUT2D eigenvalue weighted by Crippen LogP contribution is -3.14. The predicted molar refractivity (Wildman–Crippen MR) is 75.0 cm³/mol. The van der Waals surface area contributed by atoms with Crippen LogP contribution in [0.3, 0.4) is 0 Å². The van der Waals surface area contributed by atoms with E-state index in [0.717, 1.165) is 24.2 Å². The molecular formula is C16H22NO2+. The third kappa shape index (κ3) is 2.53. The van der Waals surface area contributed by atoms with Crippen molar-refractivity contribution in [1.82, 2.24) is 0 Å². The Morgan fingerprint density at radius 2 is 1.95 bits per heavy atom. The van der Waals surface area contributed by atoms with Gasteiger partial charge in [-0.2, -0.15) is 0 Å². The van der Waals surface area contributed by atoms with Crippen LogP contribution in [0.1, 0.15) is 25.3 Å². The molecule has 3 fully saturated rings. The number of benzene rings is 1. The first-order chi connectivity index (χ1) is 9.28. The Hall–Kier alpha value is -1.32. The molecule has 1 atom stereocenters. The van der Waals surface area contributed by atoms with Crippen molar-refractivity contribution in [2.24, 2.45) is 5.92 Å². The Labute approximate surface area is 114 Å². The van der Waals surface area contributed by atoms with Gasteiger partial charge >= 0.3 is 0 Å². The molecular weight excluding hydrogens is 238 g/mol. The molecule has 4 rings (SSSR count). The molecule has 0 unspecified atom stereocenters. The monoisotopic (exact) mass is 260 g/mol. The second kappa shape index (κ2) is 5.35. The molecule has 3 aliphatic rings. The van der Waals surface area contributed by atoms with Gasteiger partial charge in [-0.05, 0) is 24.6 Å². The van der Waals surface area contributed by atoms with Crippen molar-refractivity contribution < 1.29 is 14.7 Å². The molecule has 3 heteroatoms. The molecule has 1 aromatic rings. The van der Waals surface area contributed by atoms with Gasteiger partial charge in [0.2, 0.25) is 0 Å². The Morgan fingerprint density at radius 3 is 2.53 bits per heavy atom. The summed E-state index contributed by atoms with van der Waals surface area (Å²) in [7, 11) is 0. The maximum absolute atomic E-state index is 10.3. The van der Waals surface area contributed by atoms with Crippen LogP contribution in [0.2, 0.25) is 0 Å². The van der Waals surface area contributed by atoms with Crippen molar-refractivity contribution in [3.63, 3.8) is 0 Å². The maximum atomic E-state index is 10.3. The zero-order chi connectivity index (χ0) is 13.2. The average molecular weight is 260 g/mol. The van der Waals surface area contributed by atoms with Gasteiger partial charge in [0.05, 0.1) is 19.7 Å². The van der Waals surface area contributed by atoms with Crippen LogP contribution in [-0.4, -0.2) is 30.9 Å². The van der Waals surface area contributed by atoms with Gasteiger partial charge in [0.25, 0.3) is 0 Å². The van der Waals surface area contributed by atoms with Crippen molar-refractivity contribution >= 4 is 6.08 Å².